The van der Waals surface area contributed by atoms with Crippen LogP contribution in [0.25, 0.3) is 0 Å². The highest BCUT2D eigenvalue weighted by molar-refractivity contribution is 7.95. The summed E-state index contributed by atoms with van der Waals surface area (Å²) in [5.74, 6) is -2.72. The fraction of sp³-hybridized carbons (Fsp3) is 0.300. The average molecular weight is 284 g/mol. The fourth-order valence-corrected chi connectivity index (χ4v) is 1.67. The topological polar surface area (TPSA) is 80.6 Å². The SMILES string of the molecule is C[S+](C)c1ccc(O)cc1O.O=C([O-])C(F)(F)F. The van der Waals surface area contributed by atoms with E-state index in [0.29, 0.717) is 0 Å². The predicted molar refractivity (Wildman–Crippen MR) is 58.3 cm³/mol. The van der Waals surface area contributed by atoms with E-state index in [0.717, 1.165) is 4.90 Å². The van der Waals surface area contributed by atoms with Gasteiger partial charge in [0.15, 0.2) is 10.6 Å². The van der Waals surface area contributed by atoms with E-state index in [1.165, 1.54) is 6.07 Å². The van der Waals surface area contributed by atoms with Crippen molar-refractivity contribution in [1.82, 2.24) is 0 Å². The molecule has 0 aromatic heterocycles. The summed E-state index contributed by atoms with van der Waals surface area (Å²) < 4.78 is 31.5. The van der Waals surface area contributed by atoms with Gasteiger partial charge >= 0.3 is 6.18 Å². The molecule has 2 N–H and O–H groups in total. The third-order valence-corrected chi connectivity index (χ3v) is 2.84. The summed E-state index contributed by atoms with van der Waals surface area (Å²) in [6.45, 7) is 0. The number of alkyl halides is 3. The van der Waals surface area contributed by atoms with Gasteiger partial charge in [-0.15, -0.1) is 0 Å². The molecule has 0 saturated carbocycles. The van der Waals surface area contributed by atoms with E-state index < -0.39 is 12.1 Å². The molecule has 0 heterocycles. The van der Waals surface area contributed by atoms with Gasteiger partial charge in [-0.25, -0.2) is 0 Å². The quantitative estimate of drug-likeness (QED) is 0.741. The normalized spacial score (nSPS) is 10.8. The molecule has 0 unspecified atom stereocenters. The van der Waals surface area contributed by atoms with Crippen molar-refractivity contribution in [3.63, 3.8) is 0 Å². The number of rotatable bonds is 1. The first-order valence-corrected chi connectivity index (χ1v) is 6.47. The largest absolute Gasteiger partial charge is 0.542 e. The van der Waals surface area contributed by atoms with Crippen LogP contribution in [-0.2, 0) is 15.7 Å². The maximum atomic E-state index is 10.5. The lowest BCUT2D eigenvalue weighted by molar-refractivity contribution is -0.344. The minimum absolute atomic E-state index is 0.0401. The zero-order chi connectivity index (χ0) is 14.5. The first-order valence-electron chi connectivity index (χ1n) is 4.43. The molecule has 0 amide bonds. The second-order valence-corrected chi connectivity index (χ2v) is 5.33. The van der Waals surface area contributed by atoms with E-state index in [1.807, 2.05) is 12.5 Å². The van der Waals surface area contributed by atoms with Gasteiger partial charge in [0.05, 0.1) is 0 Å². The number of phenolic OH excluding ortho intramolecular Hbond substituents is 2. The van der Waals surface area contributed by atoms with Crippen LogP contribution in [0.4, 0.5) is 13.2 Å². The number of benzene rings is 1. The molecule has 18 heavy (non-hydrogen) atoms. The third kappa shape index (κ3) is 5.67. The summed E-state index contributed by atoms with van der Waals surface area (Å²) in [5.41, 5.74) is 0. The summed E-state index contributed by atoms with van der Waals surface area (Å²) in [6.07, 6.45) is -1.15. The van der Waals surface area contributed by atoms with Crippen LogP contribution in [0.5, 0.6) is 11.5 Å². The van der Waals surface area contributed by atoms with E-state index in [1.54, 1.807) is 12.1 Å². The van der Waals surface area contributed by atoms with Gasteiger partial charge in [-0.1, -0.05) is 0 Å². The van der Waals surface area contributed by atoms with E-state index in [9.17, 15) is 18.3 Å². The second kappa shape index (κ2) is 6.39. The summed E-state index contributed by atoms with van der Waals surface area (Å²) in [4.78, 5) is 9.68. The monoisotopic (exact) mass is 284 g/mol. The van der Waals surface area contributed by atoms with Gasteiger partial charge < -0.3 is 20.1 Å². The Morgan fingerprint density at radius 1 is 1.28 bits per heavy atom. The van der Waals surface area contributed by atoms with Gasteiger partial charge in [-0.2, -0.15) is 13.2 Å². The van der Waals surface area contributed by atoms with Gasteiger partial charge in [0.25, 0.3) is 0 Å². The highest BCUT2D eigenvalue weighted by Gasteiger charge is 2.28. The minimum atomic E-state index is -5.19. The van der Waals surface area contributed by atoms with Gasteiger partial charge in [0.1, 0.15) is 24.2 Å². The highest BCUT2D eigenvalue weighted by atomic mass is 32.2. The molecule has 0 atom stereocenters. The van der Waals surface area contributed by atoms with Crippen LogP contribution >= 0.6 is 0 Å². The Labute approximate surface area is 104 Å². The number of hydrogen-bond donors (Lipinski definition) is 2. The molecular weight excluding hydrogens is 273 g/mol. The zero-order valence-electron chi connectivity index (χ0n) is 9.49. The van der Waals surface area contributed by atoms with Crippen molar-refractivity contribution in [2.24, 2.45) is 0 Å². The smallest absolute Gasteiger partial charge is 0.430 e. The third-order valence-electron chi connectivity index (χ3n) is 1.61. The van der Waals surface area contributed by atoms with E-state index >= 15 is 0 Å². The zero-order valence-corrected chi connectivity index (χ0v) is 10.3. The van der Waals surface area contributed by atoms with Crippen molar-refractivity contribution in [3.05, 3.63) is 18.2 Å². The second-order valence-electron chi connectivity index (χ2n) is 3.25. The molecule has 0 radical (unpaired) electrons. The van der Waals surface area contributed by atoms with Crippen LogP contribution in [-0.4, -0.2) is 34.9 Å². The number of aromatic hydroxyl groups is 2. The van der Waals surface area contributed by atoms with Gasteiger partial charge in [-0.3, -0.25) is 0 Å². The predicted octanol–water partition coefficient (Wildman–Crippen LogP) is 0.633. The minimum Gasteiger partial charge on any atom is -0.542 e. The lowest BCUT2D eigenvalue weighted by Gasteiger charge is -2.03. The van der Waals surface area contributed by atoms with Crippen molar-refractivity contribution >= 4 is 16.9 Å². The van der Waals surface area contributed by atoms with Crippen LogP contribution in [0.1, 0.15) is 0 Å². The summed E-state index contributed by atoms with van der Waals surface area (Å²) >= 11 is 0. The lowest BCUT2D eigenvalue weighted by Crippen LogP contribution is -2.37. The molecule has 0 aliphatic carbocycles. The van der Waals surface area contributed by atoms with Crippen molar-refractivity contribution < 1.29 is 33.3 Å². The molecule has 1 aromatic carbocycles. The molecule has 0 spiro atoms. The maximum Gasteiger partial charge on any atom is 0.430 e. The fourth-order valence-electron chi connectivity index (χ4n) is 0.851. The van der Waals surface area contributed by atoms with Gasteiger partial charge in [-0.05, 0) is 6.07 Å². The molecular formula is C10H11F3O4S. The Kier molecular flexibility index (Phi) is 5.83. The number of carbonyl (C=O) groups excluding carboxylic acids is 1. The molecule has 0 aliphatic rings. The van der Waals surface area contributed by atoms with Crippen LogP contribution < -0.4 is 5.11 Å². The molecule has 102 valence electrons. The Bertz CT molecular complexity index is 418. The van der Waals surface area contributed by atoms with Crippen LogP contribution in [0, 0.1) is 0 Å². The molecule has 1 aromatic rings. The number of carboxylic acid groups (broad SMARTS) is 1. The standard InChI is InChI=1S/C8H10O2S.C2HF3O2/c1-11(2)8-4-3-6(9)5-7(8)10;3-2(4,5)1(6)7/h3-5H,1-2H3,(H-,9,10);(H,6,7). The van der Waals surface area contributed by atoms with Crippen LogP contribution in [0.3, 0.4) is 0 Å². The van der Waals surface area contributed by atoms with Gasteiger partial charge in [0, 0.05) is 23.0 Å². The Hall–Kier alpha value is -1.57. The molecule has 1 rings (SSSR count). The first-order chi connectivity index (χ1) is 8.05. The number of halogens is 3. The van der Waals surface area contributed by atoms with Crippen molar-refractivity contribution in [2.75, 3.05) is 12.5 Å². The molecule has 0 fully saturated rings. The Morgan fingerprint density at radius 3 is 2.00 bits per heavy atom. The Morgan fingerprint density at radius 2 is 1.72 bits per heavy atom. The van der Waals surface area contributed by atoms with Crippen molar-refractivity contribution in [3.8, 4) is 11.5 Å². The summed E-state index contributed by atoms with van der Waals surface area (Å²) in [5, 5.41) is 27.1. The lowest BCUT2D eigenvalue weighted by atomic mass is 10.3. The van der Waals surface area contributed by atoms with E-state index in [-0.39, 0.29) is 22.4 Å². The highest BCUT2D eigenvalue weighted by Crippen LogP contribution is 2.26. The maximum absolute atomic E-state index is 10.5. The van der Waals surface area contributed by atoms with Crippen LogP contribution in [0.2, 0.25) is 0 Å². The number of hydrogen-bond acceptors (Lipinski definition) is 4. The molecule has 0 aliphatic heterocycles. The van der Waals surface area contributed by atoms with Crippen molar-refractivity contribution in [1.29, 1.82) is 0 Å². The summed E-state index contributed by atoms with van der Waals surface area (Å²) in [7, 11) is 0.0401. The van der Waals surface area contributed by atoms with E-state index in [2.05, 4.69) is 0 Å². The number of phenols is 2. The number of carbonyl (C=O) groups is 1. The number of carboxylic acids is 1. The van der Waals surface area contributed by atoms with Crippen LogP contribution in [0.15, 0.2) is 23.1 Å². The molecule has 4 nitrogen and oxygen atoms in total. The number of aliphatic carboxylic acids is 1. The van der Waals surface area contributed by atoms with E-state index in [4.69, 9.17) is 15.0 Å². The van der Waals surface area contributed by atoms with Crippen molar-refractivity contribution in [2.45, 2.75) is 11.1 Å². The average Bonchev–Trinajstić information content (AvgIpc) is 2.15. The molecule has 0 bridgehead atoms. The Balaban J connectivity index is 0.000000360. The first kappa shape index (κ1) is 16.4. The molecule has 0 saturated heterocycles. The molecule has 8 heteroatoms. The van der Waals surface area contributed by atoms with Gasteiger partial charge in [0.2, 0.25) is 0 Å². The summed E-state index contributed by atoms with van der Waals surface area (Å²) in [6, 6.07) is 4.69.